The molecule has 0 aromatic heterocycles. The minimum absolute atomic E-state index is 0.368. The molecule has 1 aliphatic heterocycles. The summed E-state index contributed by atoms with van der Waals surface area (Å²) in [5.41, 5.74) is 1.24. The number of piperidine rings is 1. The van der Waals surface area contributed by atoms with E-state index in [9.17, 15) is 0 Å². The van der Waals surface area contributed by atoms with Crippen LogP contribution < -0.4 is 5.32 Å². The first-order chi connectivity index (χ1) is 10.2. The maximum atomic E-state index is 6.36. The van der Waals surface area contributed by atoms with Crippen LogP contribution in [0.2, 0.25) is 5.02 Å². The highest BCUT2D eigenvalue weighted by Gasteiger charge is 2.19. The number of halogens is 1. The standard InChI is InChI=1S/C18H29ClN2/c1-3-15-9-12-21(13-10-15)14-11-18(20-4-2)16-7-5-6-8-17(16)19/h5-8,15,18,20H,3-4,9-14H2,1-2H3. The number of nitrogens with one attached hydrogen (secondary N) is 1. The lowest BCUT2D eigenvalue weighted by atomic mass is 9.94. The van der Waals surface area contributed by atoms with E-state index in [0.717, 1.165) is 23.9 Å². The van der Waals surface area contributed by atoms with Crippen LogP contribution in [0.15, 0.2) is 24.3 Å². The predicted octanol–water partition coefficient (Wildman–Crippen LogP) is 4.50. The van der Waals surface area contributed by atoms with Crippen molar-refractivity contribution in [1.29, 1.82) is 0 Å². The molecule has 0 aliphatic carbocycles. The van der Waals surface area contributed by atoms with Crippen molar-refractivity contribution in [3.8, 4) is 0 Å². The summed E-state index contributed by atoms with van der Waals surface area (Å²) in [6.45, 7) is 9.16. The minimum Gasteiger partial charge on any atom is -0.310 e. The lowest BCUT2D eigenvalue weighted by Crippen LogP contribution is -2.36. The van der Waals surface area contributed by atoms with Gasteiger partial charge in [-0.1, -0.05) is 50.1 Å². The van der Waals surface area contributed by atoms with E-state index in [1.54, 1.807) is 0 Å². The lowest BCUT2D eigenvalue weighted by molar-refractivity contribution is 0.174. The van der Waals surface area contributed by atoms with Gasteiger partial charge in [0.15, 0.2) is 0 Å². The van der Waals surface area contributed by atoms with E-state index in [0.29, 0.717) is 6.04 Å². The number of rotatable bonds is 7. The van der Waals surface area contributed by atoms with Crippen molar-refractivity contribution < 1.29 is 0 Å². The maximum Gasteiger partial charge on any atom is 0.0453 e. The van der Waals surface area contributed by atoms with Gasteiger partial charge < -0.3 is 10.2 Å². The molecule has 21 heavy (non-hydrogen) atoms. The molecule has 1 aliphatic rings. The fourth-order valence-corrected chi connectivity index (χ4v) is 3.57. The zero-order valence-corrected chi connectivity index (χ0v) is 14.2. The Kier molecular flexibility index (Phi) is 7.01. The van der Waals surface area contributed by atoms with Gasteiger partial charge in [-0.15, -0.1) is 0 Å². The molecule has 1 unspecified atom stereocenters. The molecule has 1 atom stereocenters. The smallest absolute Gasteiger partial charge is 0.0453 e. The van der Waals surface area contributed by atoms with E-state index in [1.165, 1.54) is 44.5 Å². The normalized spacial score (nSPS) is 18.8. The Hall–Kier alpha value is -0.570. The molecule has 0 amide bonds. The van der Waals surface area contributed by atoms with E-state index in [2.05, 4.69) is 36.2 Å². The molecule has 1 heterocycles. The number of nitrogens with zero attached hydrogens (tertiary/aromatic N) is 1. The van der Waals surface area contributed by atoms with E-state index in [1.807, 2.05) is 12.1 Å². The molecule has 0 saturated carbocycles. The van der Waals surface area contributed by atoms with Crippen molar-refractivity contribution >= 4 is 11.6 Å². The largest absolute Gasteiger partial charge is 0.310 e. The van der Waals surface area contributed by atoms with E-state index in [4.69, 9.17) is 11.6 Å². The topological polar surface area (TPSA) is 15.3 Å². The first-order valence-corrected chi connectivity index (χ1v) is 8.82. The summed E-state index contributed by atoms with van der Waals surface area (Å²) in [6, 6.07) is 8.60. The third-order valence-corrected chi connectivity index (χ3v) is 5.09. The van der Waals surface area contributed by atoms with Crippen molar-refractivity contribution in [1.82, 2.24) is 10.2 Å². The van der Waals surface area contributed by atoms with Crippen LogP contribution in [-0.4, -0.2) is 31.1 Å². The Morgan fingerprint density at radius 1 is 1.24 bits per heavy atom. The van der Waals surface area contributed by atoms with Gasteiger partial charge >= 0.3 is 0 Å². The monoisotopic (exact) mass is 308 g/mol. The third-order valence-electron chi connectivity index (χ3n) is 4.75. The summed E-state index contributed by atoms with van der Waals surface area (Å²) in [5.74, 6) is 0.953. The second kappa shape index (κ2) is 8.77. The van der Waals surface area contributed by atoms with Crippen LogP contribution in [0.4, 0.5) is 0 Å². The van der Waals surface area contributed by atoms with Gasteiger partial charge in [0.25, 0.3) is 0 Å². The fourth-order valence-electron chi connectivity index (χ4n) is 3.30. The highest BCUT2D eigenvalue weighted by molar-refractivity contribution is 6.31. The molecule has 1 fully saturated rings. The fraction of sp³-hybridized carbons (Fsp3) is 0.667. The molecule has 0 bridgehead atoms. The average Bonchev–Trinajstić information content (AvgIpc) is 2.53. The van der Waals surface area contributed by atoms with Crippen LogP contribution in [0, 0.1) is 5.92 Å². The molecule has 0 spiro atoms. The summed E-state index contributed by atoms with van der Waals surface area (Å²) in [7, 11) is 0. The summed E-state index contributed by atoms with van der Waals surface area (Å²) < 4.78 is 0. The van der Waals surface area contributed by atoms with Crippen molar-refractivity contribution in [2.24, 2.45) is 5.92 Å². The zero-order chi connectivity index (χ0) is 15.1. The molecule has 1 aromatic carbocycles. The summed E-state index contributed by atoms with van der Waals surface area (Å²) in [6.07, 6.45) is 5.21. The van der Waals surface area contributed by atoms with Crippen molar-refractivity contribution in [3.05, 3.63) is 34.9 Å². The van der Waals surface area contributed by atoms with Crippen LogP contribution in [0.3, 0.4) is 0 Å². The number of benzene rings is 1. The lowest BCUT2D eigenvalue weighted by Gasteiger charge is -2.32. The highest BCUT2D eigenvalue weighted by atomic mass is 35.5. The van der Waals surface area contributed by atoms with Gasteiger partial charge in [0.05, 0.1) is 0 Å². The van der Waals surface area contributed by atoms with Crippen molar-refractivity contribution in [3.63, 3.8) is 0 Å². The number of hydrogen-bond donors (Lipinski definition) is 1. The van der Waals surface area contributed by atoms with Crippen LogP contribution >= 0.6 is 11.6 Å². The molecule has 1 N–H and O–H groups in total. The first kappa shape index (κ1) is 16.8. The molecular weight excluding hydrogens is 280 g/mol. The van der Waals surface area contributed by atoms with E-state index < -0.39 is 0 Å². The van der Waals surface area contributed by atoms with E-state index in [-0.39, 0.29) is 0 Å². The average molecular weight is 309 g/mol. The Labute approximate surface area is 134 Å². The van der Waals surface area contributed by atoms with Gasteiger partial charge in [-0.25, -0.2) is 0 Å². The second-order valence-electron chi connectivity index (χ2n) is 6.11. The number of hydrogen-bond acceptors (Lipinski definition) is 2. The van der Waals surface area contributed by atoms with Crippen LogP contribution in [0.25, 0.3) is 0 Å². The SMILES string of the molecule is CCNC(CCN1CCC(CC)CC1)c1ccccc1Cl. The van der Waals surface area contributed by atoms with Crippen molar-refractivity contribution in [2.75, 3.05) is 26.2 Å². The maximum absolute atomic E-state index is 6.36. The van der Waals surface area contributed by atoms with Crippen LogP contribution in [0.1, 0.15) is 51.1 Å². The Bertz CT molecular complexity index is 413. The van der Waals surface area contributed by atoms with Crippen LogP contribution in [-0.2, 0) is 0 Å². The predicted molar refractivity (Wildman–Crippen MR) is 91.9 cm³/mol. The highest BCUT2D eigenvalue weighted by Crippen LogP contribution is 2.26. The molecule has 1 aromatic rings. The van der Waals surface area contributed by atoms with E-state index >= 15 is 0 Å². The molecular formula is C18H29ClN2. The van der Waals surface area contributed by atoms with Gasteiger partial charge in [0.2, 0.25) is 0 Å². The molecule has 0 radical (unpaired) electrons. The molecule has 2 rings (SSSR count). The second-order valence-corrected chi connectivity index (χ2v) is 6.52. The first-order valence-electron chi connectivity index (χ1n) is 8.44. The number of likely N-dealkylation sites (tertiary alicyclic amines) is 1. The summed E-state index contributed by atoms with van der Waals surface area (Å²) in [4.78, 5) is 2.62. The summed E-state index contributed by atoms with van der Waals surface area (Å²) in [5, 5.41) is 4.47. The quantitative estimate of drug-likeness (QED) is 0.797. The van der Waals surface area contributed by atoms with Gasteiger partial charge in [-0.05, 0) is 63.0 Å². The van der Waals surface area contributed by atoms with Gasteiger partial charge in [-0.3, -0.25) is 0 Å². The third kappa shape index (κ3) is 4.98. The summed E-state index contributed by atoms with van der Waals surface area (Å²) >= 11 is 6.36. The van der Waals surface area contributed by atoms with Gasteiger partial charge in [0.1, 0.15) is 0 Å². The van der Waals surface area contributed by atoms with Crippen LogP contribution in [0.5, 0.6) is 0 Å². The van der Waals surface area contributed by atoms with Gasteiger partial charge in [-0.2, -0.15) is 0 Å². The Morgan fingerprint density at radius 2 is 1.95 bits per heavy atom. The molecule has 1 saturated heterocycles. The Balaban J connectivity index is 1.88. The Morgan fingerprint density at radius 3 is 2.57 bits per heavy atom. The zero-order valence-electron chi connectivity index (χ0n) is 13.4. The van der Waals surface area contributed by atoms with Crippen molar-refractivity contribution in [2.45, 2.75) is 45.6 Å². The molecule has 118 valence electrons. The molecule has 3 heteroatoms. The minimum atomic E-state index is 0.368. The molecule has 2 nitrogen and oxygen atoms in total. The van der Waals surface area contributed by atoms with Gasteiger partial charge in [0, 0.05) is 11.1 Å².